The number of hydrogen-bond donors (Lipinski definition) is 0. The molecule has 0 aliphatic heterocycles. The van der Waals surface area contributed by atoms with Crippen molar-refractivity contribution in [1.82, 2.24) is 14.3 Å². The molecule has 0 amide bonds. The fraction of sp³-hybridized carbons (Fsp3) is 0.391. The Bertz CT molecular complexity index is 960. The van der Waals surface area contributed by atoms with Crippen LogP contribution in [0.25, 0.3) is 11.4 Å². The second-order valence-corrected chi connectivity index (χ2v) is 8.57. The Hall–Kier alpha value is -2.24. The molecule has 28 heavy (non-hydrogen) atoms. The van der Waals surface area contributed by atoms with E-state index in [0.29, 0.717) is 11.0 Å². The fourth-order valence-corrected chi connectivity index (χ4v) is 3.95. The first-order chi connectivity index (χ1) is 13.5. The highest BCUT2D eigenvalue weighted by atomic mass is 32.1. The zero-order chi connectivity index (χ0) is 19.7. The van der Waals surface area contributed by atoms with Gasteiger partial charge < -0.3 is 9.64 Å². The Labute approximate surface area is 171 Å². The molecule has 1 fully saturated rings. The van der Waals surface area contributed by atoms with E-state index in [4.69, 9.17) is 4.74 Å². The van der Waals surface area contributed by atoms with Crippen LogP contribution < -0.4 is 4.74 Å². The molecular weight excluding hydrogens is 366 g/mol. The van der Waals surface area contributed by atoms with Crippen LogP contribution in [0.1, 0.15) is 35.1 Å². The van der Waals surface area contributed by atoms with Gasteiger partial charge in [0.05, 0.1) is 0 Å². The van der Waals surface area contributed by atoms with Gasteiger partial charge in [-0.25, -0.2) is 0 Å². The Balaban J connectivity index is 1.46. The van der Waals surface area contributed by atoms with Crippen molar-refractivity contribution in [3.05, 3.63) is 58.7 Å². The molecule has 0 saturated heterocycles. The van der Waals surface area contributed by atoms with Gasteiger partial charge in [-0.2, -0.15) is 9.36 Å². The number of rotatable bonds is 7. The van der Waals surface area contributed by atoms with Crippen molar-refractivity contribution in [1.29, 1.82) is 0 Å². The van der Waals surface area contributed by atoms with Gasteiger partial charge in [0.15, 0.2) is 5.82 Å². The van der Waals surface area contributed by atoms with Crippen molar-refractivity contribution in [2.45, 2.75) is 46.1 Å². The molecule has 1 saturated carbocycles. The Morgan fingerprint density at radius 1 is 1.07 bits per heavy atom. The molecule has 2 aromatic carbocycles. The van der Waals surface area contributed by atoms with Crippen molar-refractivity contribution in [3.63, 3.8) is 0 Å². The van der Waals surface area contributed by atoms with E-state index in [9.17, 15) is 0 Å². The topological polar surface area (TPSA) is 38.2 Å². The van der Waals surface area contributed by atoms with E-state index in [1.54, 1.807) is 0 Å². The highest BCUT2D eigenvalue weighted by Crippen LogP contribution is 2.31. The Morgan fingerprint density at radius 2 is 1.82 bits per heavy atom. The van der Waals surface area contributed by atoms with Crippen molar-refractivity contribution in [2.24, 2.45) is 0 Å². The predicted molar refractivity (Wildman–Crippen MR) is 115 cm³/mol. The van der Waals surface area contributed by atoms with Crippen LogP contribution in [0, 0.1) is 20.8 Å². The third kappa shape index (κ3) is 4.42. The molecule has 1 heterocycles. The summed E-state index contributed by atoms with van der Waals surface area (Å²) >= 11 is 1.30. The first kappa shape index (κ1) is 19.1. The molecule has 0 N–H and O–H groups in total. The van der Waals surface area contributed by atoms with Gasteiger partial charge in [0.1, 0.15) is 5.75 Å². The van der Waals surface area contributed by atoms with E-state index in [2.05, 4.69) is 66.3 Å². The van der Waals surface area contributed by atoms with E-state index in [1.807, 2.05) is 12.1 Å². The molecule has 0 radical (unpaired) electrons. The third-order valence-corrected chi connectivity index (χ3v) is 6.05. The molecule has 1 aliphatic carbocycles. The molecule has 0 spiro atoms. The minimum atomic E-state index is 0.583. The maximum absolute atomic E-state index is 6.08. The van der Waals surface area contributed by atoms with Gasteiger partial charge >= 0.3 is 0 Å². The van der Waals surface area contributed by atoms with Gasteiger partial charge in [-0.1, -0.05) is 35.9 Å². The summed E-state index contributed by atoms with van der Waals surface area (Å²) in [4.78, 5) is 7.04. The maximum Gasteiger partial charge on any atom is 0.299 e. The molecule has 1 aliphatic rings. The van der Waals surface area contributed by atoms with Gasteiger partial charge in [0.25, 0.3) is 5.19 Å². The summed E-state index contributed by atoms with van der Waals surface area (Å²) in [6, 6.07) is 13.4. The molecule has 1 aromatic heterocycles. The number of nitrogens with zero attached hydrogens (tertiary/aromatic N) is 3. The molecule has 5 heteroatoms. The van der Waals surface area contributed by atoms with Crippen LogP contribution in [0.4, 0.5) is 0 Å². The highest BCUT2D eigenvalue weighted by molar-refractivity contribution is 7.07. The quantitative estimate of drug-likeness (QED) is 0.527. The zero-order valence-electron chi connectivity index (χ0n) is 17.0. The third-order valence-electron chi connectivity index (χ3n) is 5.45. The number of benzene rings is 2. The first-order valence-electron chi connectivity index (χ1n) is 9.88. The van der Waals surface area contributed by atoms with E-state index in [0.717, 1.165) is 35.9 Å². The molecule has 4 nitrogen and oxygen atoms in total. The van der Waals surface area contributed by atoms with Gasteiger partial charge in [0, 0.05) is 29.7 Å². The van der Waals surface area contributed by atoms with Crippen LogP contribution in [0.2, 0.25) is 0 Å². The second kappa shape index (κ2) is 8.02. The van der Waals surface area contributed by atoms with E-state index >= 15 is 0 Å². The minimum absolute atomic E-state index is 0.583. The Morgan fingerprint density at radius 3 is 2.54 bits per heavy atom. The number of likely N-dealkylation sites (N-methyl/N-ethyl adjacent to an activating group) is 1. The van der Waals surface area contributed by atoms with Crippen LogP contribution in [0.5, 0.6) is 10.9 Å². The van der Waals surface area contributed by atoms with Crippen molar-refractivity contribution in [3.8, 4) is 22.3 Å². The van der Waals surface area contributed by atoms with Gasteiger partial charge in [-0.05, 0) is 69.8 Å². The monoisotopic (exact) mass is 393 g/mol. The first-order valence-corrected chi connectivity index (χ1v) is 10.7. The second-order valence-electron chi connectivity index (χ2n) is 7.86. The molecule has 0 unspecified atom stereocenters. The van der Waals surface area contributed by atoms with E-state index in [-0.39, 0.29) is 0 Å². The largest absolute Gasteiger partial charge is 0.430 e. The lowest BCUT2D eigenvalue weighted by molar-refractivity contribution is 0.328. The molecular formula is C23H27N3OS. The smallest absolute Gasteiger partial charge is 0.299 e. The summed E-state index contributed by atoms with van der Waals surface area (Å²) in [5, 5.41) is 0.583. The van der Waals surface area contributed by atoms with Gasteiger partial charge in [-0.3, -0.25) is 0 Å². The van der Waals surface area contributed by atoms with Gasteiger partial charge in [0.2, 0.25) is 0 Å². The van der Waals surface area contributed by atoms with Crippen molar-refractivity contribution in [2.75, 3.05) is 13.6 Å². The summed E-state index contributed by atoms with van der Waals surface area (Å²) in [6.07, 6.45) is 3.79. The highest BCUT2D eigenvalue weighted by Gasteiger charge is 2.25. The molecule has 146 valence electrons. The summed E-state index contributed by atoms with van der Waals surface area (Å²) in [5.74, 6) is 1.58. The van der Waals surface area contributed by atoms with Crippen LogP contribution in [0.15, 0.2) is 36.4 Å². The molecule has 0 bridgehead atoms. The minimum Gasteiger partial charge on any atom is -0.430 e. The average molecular weight is 394 g/mol. The predicted octanol–water partition coefficient (Wildman–Crippen LogP) is 5.56. The average Bonchev–Trinajstić information content (AvgIpc) is 3.43. The number of hydrogen-bond acceptors (Lipinski definition) is 5. The molecule has 0 atom stereocenters. The van der Waals surface area contributed by atoms with Crippen LogP contribution in [0.3, 0.4) is 0 Å². The lowest BCUT2D eigenvalue weighted by atomic mass is 10.0. The van der Waals surface area contributed by atoms with Crippen LogP contribution in [-0.4, -0.2) is 33.9 Å². The van der Waals surface area contributed by atoms with Crippen LogP contribution >= 0.6 is 11.5 Å². The summed E-state index contributed by atoms with van der Waals surface area (Å²) < 4.78 is 10.5. The standard InChI is InChI=1S/C23H27N3OS/c1-15-5-7-18(8-6-15)22-24-23(28-25-22)27-21-14-16(2)19(13-17(21)3)11-12-26(4)20-9-10-20/h5-8,13-14,20H,9-12H2,1-4H3. The SMILES string of the molecule is Cc1ccc(-c2nsc(Oc3cc(C)c(CCN(C)C4CC4)cc3C)n2)cc1. The van der Waals surface area contributed by atoms with E-state index in [1.165, 1.54) is 41.1 Å². The maximum atomic E-state index is 6.08. The van der Waals surface area contributed by atoms with Crippen LogP contribution in [-0.2, 0) is 6.42 Å². The van der Waals surface area contributed by atoms with E-state index < -0.39 is 0 Å². The summed E-state index contributed by atoms with van der Waals surface area (Å²) in [5.41, 5.74) is 6.05. The fourth-order valence-electron chi connectivity index (χ4n) is 3.39. The lowest BCUT2D eigenvalue weighted by Gasteiger charge is -2.17. The number of aryl methyl sites for hydroxylation is 3. The lowest BCUT2D eigenvalue weighted by Crippen LogP contribution is -2.23. The van der Waals surface area contributed by atoms with Crippen molar-refractivity contribution < 1.29 is 4.74 Å². The summed E-state index contributed by atoms with van der Waals surface area (Å²) in [6.45, 7) is 7.45. The number of ether oxygens (including phenoxy) is 1. The Kier molecular flexibility index (Phi) is 5.47. The number of aromatic nitrogens is 2. The zero-order valence-corrected chi connectivity index (χ0v) is 17.8. The summed E-state index contributed by atoms with van der Waals surface area (Å²) in [7, 11) is 2.23. The molecule has 4 rings (SSSR count). The van der Waals surface area contributed by atoms with Crippen molar-refractivity contribution >= 4 is 11.5 Å². The molecule has 3 aromatic rings. The normalized spacial score (nSPS) is 13.9. The van der Waals surface area contributed by atoms with Gasteiger partial charge in [-0.15, -0.1) is 0 Å².